The molecule has 0 aromatic heterocycles. The van der Waals surface area contributed by atoms with Gasteiger partial charge in [-0.25, -0.2) is 4.39 Å². The first kappa shape index (κ1) is 14.0. The van der Waals surface area contributed by atoms with E-state index in [2.05, 4.69) is 12.2 Å². The average Bonchev–Trinajstić information content (AvgIpc) is 2.43. The largest absolute Gasteiger partial charge is 0.306 e. The lowest BCUT2D eigenvalue weighted by molar-refractivity contribution is 0.593. The van der Waals surface area contributed by atoms with E-state index in [1.807, 2.05) is 36.4 Å². The highest BCUT2D eigenvalue weighted by Gasteiger charge is 2.13. The van der Waals surface area contributed by atoms with Crippen molar-refractivity contribution in [2.45, 2.75) is 19.4 Å². The highest BCUT2D eigenvalue weighted by molar-refractivity contribution is 6.30. The zero-order valence-corrected chi connectivity index (χ0v) is 11.6. The van der Waals surface area contributed by atoms with Crippen LogP contribution in [0.1, 0.15) is 30.5 Å². The first-order valence-corrected chi connectivity index (χ1v) is 6.83. The van der Waals surface area contributed by atoms with Gasteiger partial charge < -0.3 is 5.32 Å². The normalized spacial score (nSPS) is 12.4. The number of rotatable bonds is 5. The number of hydrogen-bond donors (Lipinski definition) is 1. The number of nitrogens with one attached hydrogen (secondary N) is 1. The minimum absolute atomic E-state index is 0.0674. The summed E-state index contributed by atoms with van der Waals surface area (Å²) in [6, 6.07) is 14.4. The predicted molar refractivity (Wildman–Crippen MR) is 78.0 cm³/mol. The molecule has 0 heterocycles. The van der Waals surface area contributed by atoms with Crippen LogP contribution in [0.3, 0.4) is 0 Å². The molecule has 3 heteroatoms. The molecule has 0 saturated carbocycles. The third-order valence-electron chi connectivity index (χ3n) is 3.01. The van der Waals surface area contributed by atoms with Crippen molar-refractivity contribution < 1.29 is 4.39 Å². The molecule has 2 rings (SSSR count). The van der Waals surface area contributed by atoms with Gasteiger partial charge in [0.15, 0.2) is 0 Å². The van der Waals surface area contributed by atoms with Crippen LogP contribution in [-0.4, -0.2) is 6.54 Å². The van der Waals surface area contributed by atoms with Crippen molar-refractivity contribution >= 4 is 11.6 Å². The molecule has 2 aromatic rings. The van der Waals surface area contributed by atoms with Crippen LogP contribution in [0.4, 0.5) is 4.39 Å². The van der Waals surface area contributed by atoms with E-state index in [4.69, 9.17) is 11.6 Å². The van der Waals surface area contributed by atoms with Crippen LogP contribution in [0.5, 0.6) is 0 Å². The lowest BCUT2D eigenvalue weighted by Crippen LogP contribution is -2.23. The fraction of sp³-hybridized carbons (Fsp3) is 0.250. The summed E-state index contributed by atoms with van der Waals surface area (Å²) < 4.78 is 13.0. The van der Waals surface area contributed by atoms with E-state index < -0.39 is 0 Å². The third-order valence-corrected chi connectivity index (χ3v) is 3.26. The predicted octanol–water partition coefficient (Wildman–Crippen LogP) is 4.57. The van der Waals surface area contributed by atoms with E-state index in [-0.39, 0.29) is 11.9 Å². The van der Waals surface area contributed by atoms with Gasteiger partial charge in [-0.3, -0.25) is 0 Å². The van der Waals surface area contributed by atoms with Crippen molar-refractivity contribution in [3.05, 3.63) is 70.5 Å². The molecule has 0 aliphatic heterocycles. The van der Waals surface area contributed by atoms with E-state index in [9.17, 15) is 4.39 Å². The molecule has 0 spiro atoms. The van der Waals surface area contributed by atoms with Gasteiger partial charge in [0, 0.05) is 5.02 Å². The van der Waals surface area contributed by atoms with E-state index >= 15 is 0 Å². The summed E-state index contributed by atoms with van der Waals surface area (Å²) in [5, 5.41) is 4.19. The number of benzene rings is 2. The zero-order chi connectivity index (χ0) is 13.7. The summed E-state index contributed by atoms with van der Waals surface area (Å²) in [6.45, 7) is 3.03. The van der Waals surface area contributed by atoms with Crippen molar-refractivity contribution in [1.29, 1.82) is 0 Å². The highest BCUT2D eigenvalue weighted by Crippen LogP contribution is 2.23. The zero-order valence-electron chi connectivity index (χ0n) is 10.9. The van der Waals surface area contributed by atoms with Crippen molar-refractivity contribution in [3.63, 3.8) is 0 Å². The van der Waals surface area contributed by atoms with Gasteiger partial charge in [-0.15, -0.1) is 0 Å². The Kier molecular flexibility index (Phi) is 4.94. The Hall–Kier alpha value is -1.38. The molecule has 100 valence electrons. The van der Waals surface area contributed by atoms with Gasteiger partial charge in [0.25, 0.3) is 0 Å². The molecule has 2 aromatic carbocycles. The van der Waals surface area contributed by atoms with Crippen molar-refractivity contribution in [3.8, 4) is 0 Å². The van der Waals surface area contributed by atoms with Gasteiger partial charge >= 0.3 is 0 Å². The van der Waals surface area contributed by atoms with E-state index in [1.165, 1.54) is 12.1 Å². The molecule has 0 aliphatic rings. The quantitative estimate of drug-likeness (QED) is 0.844. The van der Waals surface area contributed by atoms with Crippen LogP contribution < -0.4 is 5.32 Å². The first-order chi connectivity index (χ1) is 9.20. The maximum Gasteiger partial charge on any atom is 0.123 e. The molecule has 1 nitrogen and oxygen atoms in total. The van der Waals surface area contributed by atoms with E-state index in [1.54, 1.807) is 0 Å². The fourth-order valence-corrected chi connectivity index (χ4v) is 2.15. The molecule has 1 unspecified atom stereocenters. The molecule has 0 radical (unpaired) electrons. The van der Waals surface area contributed by atoms with Gasteiger partial charge in [-0.05, 0) is 48.4 Å². The van der Waals surface area contributed by atoms with Crippen LogP contribution in [0, 0.1) is 5.82 Å². The van der Waals surface area contributed by atoms with Crippen molar-refractivity contribution in [2.75, 3.05) is 6.54 Å². The number of halogens is 2. The lowest BCUT2D eigenvalue weighted by atomic mass is 9.98. The molecule has 19 heavy (non-hydrogen) atoms. The number of hydrogen-bond acceptors (Lipinski definition) is 1. The Morgan fingerprint density at radius 2 is 1.53 bits per heavy atom. The van der Waals surface area contributed by atoms with Crippen LogP contribution >= 0.6 is 11.6 Å². The third kappa shape index (κ3) is 3.79. The van der Waals surface area contributed by atoms with Gasteiger partial charge in [0.1, 0.15) is 5.82 Å². The molecule has 0 saturated heterocycles. The molecule has 0 fully saturated rings. The van der Waals surface area contributed by atoms with Crippen LogP contribution in [-0.2, 0) is 0 Å². The molecule has 1 N–H and O–H groups in total. The maximum atomic E-state index is 13.0. The van der Waals surface area contributed by atoms with Crippen LogP contribution in [0.2, 0.25) is 5.02 Å². The topological polar surface area (TPSA) is 12.0 Å². The SMILES string of the molecule is CCCNC(c1ccc(F)cc1)c1ccc(Cl)cc1. The molecule has 1 atom stereocenters. The summed E-state index contributed by atoms with van der Waals surface area (Å²) in [5.41, 5.74) is 2.18. The Morgan fingerprint density at radius 1 is 1.00 bits per heavy atom. The lowest BCUT2D eigenvalue weighted by Gasteiger charge is -2.19. The summed E-state index contributed by atoms with van der Waals surface area (Å²) in [7, 11) is 0. The second-order valence-corrected chi connectivity index (χ2v) is 4.93. The summed E-state index contributed by atoms with van der Waals surface area (Å²) >= 11 is 5.92. The second kappa shape index (κ2) is 6.69. The molecule has 0 aliphatic carbocycles. The Morgan fingerprint density at radius 3 is 2.05 bits per heavy atom. The minimum atomic E-state index is -0.214. The van der Waals surface area contributed by atoms with Gasteiger partial charge in [-0.1, -0.05) is 42.8 Å². The summed E-state index contributed by atoms with van der Waals surface area (Å²) in [6.07, 6.45) is 1.05. The molecule has 0 amide bonds. The second-order valence-electron chi connectivity index (χ2n) is 4.49. The highest BCUT2D eigenvalue weighted by atomic mass is 35.5. The van der Waals surface area contributed by atoms with Crippen LogP contribution in [0.25, 0.3) is 0 Å². The van der Waals surface area contributed by atoms with Crippen LogP contribution in [0.15, 0.2) is 48.5 Å². The first-order valence-electron chi connectivity index (χ1n) is 6.45. The Labute approximate surface area is 118 Å². The molecular formula is C16H17ClFN. The van der Waals surface area contributed by atoms with Gasteiger partial charge in [0.05, 0.1) is 6.04 Å². The van der Waals surface area contributed by atoms with E-state index in [0.717, 1.165) is 29.1 Å². The van der Waals surface area contributed by atoms with Gasteiger partial charge in [0.2, 0.25) is 0 Å². The minimum Gasteiger partial charge on any atom is -0.306 e. The monoisotopic (exact) mass is 277 g/mol. The maximum absolute atomic E-state index is 13.0. The fourth-order valence-electron chi connectivity index (χ4n) is 2.03. The Bertz CT molecular complexity index is 462. The smallest absolute Gasteiger partial charge is 0.123 e. The molecule has 0 bridgehead atoms. The van der Waals surface area contributed by atoms with Crippen molar-refractivity contribution in [2.24, 2.45) is 0 Å². The Balaban J connectivity index is 2.29. The summed E-state index contributed by atoms with van der Waals surface area (Å²) in [5.74, 6) is -0.214. The van der Waals surface area contributed by atoms with Gasteiger partial charge in [-0.2, -0.15) is 0 Å². The van der Waals surface area contributed by atoms with E-state index in [0.29, 0.717) is 0 Å². The standard InChI is InChI=1S/C16H17ClFN/c1-2-11-19-16(12-3-7-14(17)8-4-12)13-5-9-15(18)10-6-13/h3-10,16,19H,2,11H2,1H3. The van der Waals surface area contributed by atoms with Crippen molar-refractivity contribution in [1.82, 2.24) is 5.32 Å². The molecular weight excluding hydrogens is 261 g/mol. The summed E-state index contributed by atoms with van der Waals surface area (Å²) in [4.78, 5) is 0. The average molecular weight is 278 g/mol.